The van der Waals surface area contributed by atoms with Crippen LogP contribution in [0, 0.1) is 6.92 Å². The fourth-order valence-electron chi connectivity index (χ4n) is 1.89. The van der Waals surface area contributed by atoms with Crippen LogP contribution < -0.4 is 5.32 Å². The summed E-state index contributed by atoms with van der Waals surface area (Å²) in [6, 6.07) is 1.89. The molecule has 1 fully saturated rings. The lowest BCUT2D eigenvalue weighted by atomic mass is 10.3. The third-order valence-corrected chi connectivity index (χ3v) is 4.37. The van der Waals surface area contributed by atoms with Crippen molar-refractivity contribution in [3.63, 3.8) is 0 Å². The molecule has 1 saturated carbocycles. The van der Waals surface area contributed by atoms with Crippen molar-refractivity contribution < 1.29 is 0 Å². The lowest BCUT2D eigenvalue weighted by Gasteiger charge is -2.12. The van der Waals surface area contributed by atoms with Crippen LogP contribution in [0.5, 0.6) is 0 Å². The maximum absolute atomic E-state index is 6.05. The van der Waals surface area contributed by atoms with Gasteiger partial charge in [-0.15, -0.1) is 11.3 Å². The van der Waals surface area contributed by atoms with E-state index in [4.69, 9.17) is 11.6 Å². The van der Waals surface area contributed by atoms with Gasteiger partial charge in [-0.05, 0) is 26.7 Å². The Kier molecular flexibility index (Phi) is 3.41. The Bertz CT molecular complexity index is 594. The number of anilines is 1. The molecular weight excluding hydrogens is 280 g/mol. The quantitative estimate of drug-likeness (QED) is 0.868. The van der Waals surface area contributed by atoms with E-state index in [1.165, 1.54) is 12.8 Å². The lowest BCUT2D eigenvalue weighted by molar-refractivity contribution is 0.840. The predicted molar refractivity (Wildman–Crippen MR) is 77.9 cm³/mol. The molecule has 6 heteroatoms. The molecule has 0 radical (unpaired) electrons. The third kappa shape index (κ3) is 3.04. The van der Waals surface area contributed by atoms with Gasteiger partial charge < -0.3 is 5.32 Å². The highest BCUT2D eigenvalue weighted by molar-refractivity contribution is 7.09. The Balaban J connectivity index is 1.78. The van der Waals surface area contributed by atoms with E-state index in [1.54, 1.807) is 17.4 Å². The summed E-state index contributed by atoms with van der Waals surface area (Å²) in [6.45, 7) is 4.07. The summed E-state index contributed by atoms with van der Waals surface area (Å²) >= 11 is 7.71. The van der Waals surface area contributed by atoms with E-state index in [9.17, 15) is 0 Å². The zero-order valence-corrected chi connectivity index (χ0v) is 12.4. The minimum atomic E-state index is 0.122. The van der Waals surface area contributed by atoms with Gasteiger partial charge in [0.2, 0.25) is 0 Å². The van der Waals surface area contributed by atoms with Crippen molar-refractivity contribution in [2.24, 2.45) is 0 Å². The highest BCUT2D eigenvalue weighted by atomic mass is 35.5. The summed E-state index contributed by atoms with van der Waals surface area (Å²) in [4.78, 5) is 13.3. The number of thiazole rings is 1. The lowest BCUT2D eigenvalue weighted by Crippen LogP contribution is -2.09. The van der Waals surface area contributed by atoms with Crippen LogP contribution in [0.25, 0.3) is 0 Å². The summed E-state index contributed by atoms with van der Waals surface area (Å²) in [6.07, 6.45) is 2.34. The first-order valence-electron chi connectivity index (χ1n) is 6.35. The van der Waals surface area contributed by atoms with Gasteiger partial charge in [-0.2, -0.15) is 0 Å². The van der Waals surface area contributed by atoms with Crippen LogP contribution in [0.4, 0.5) is 5.82 Å². The zero-order valence-electron chi connectivity index (χ0n) is 10.9. The number of aromatic nitrogens is 3. The average molecular weight is 295 g/mol. The molecular formula is C13H15ClN4S. The maximum atomic E-state index is 6.05. The van der Waals surface area contributed by atoms with Crippen molar-refractivity contribution in [2.75, 3.05) is 5.32 Å². The van der Waals surface area contributed by atoms with Gasteiger partial charge in [-0.1, -0.05) is 11.6 Å². The molecule has 0 amide bonds. The molecule has 0 bridgehead atoms. The molecule has 0 aromatic carbocycles. The molecule has 100 valence electrons. The molecule has 1 N–H and O–H groups in total. The molecule has 0 aliphatic heterocycles. The van der Waals surface area contributed by atoms with Crippen LogP contribution in [0.1, 0.15) is 48.3 Å². The van der Waals surface area contributed by atoms with E-state index in [-0.39, 0.29) is 6.04 Å². The first-order chi connectivity index (χ1) is 9.11. The summed E-state index contributed by atoms with van der Waals surface area (Å²) < 4.78 is 0. The first-order valence-corrected chi connectivity index (χ1v) is 7.60. The van der Waals surface area contributed by atoms with E-state index in [0.29, 0.717) is 11.1 Å². The Morgan fingerprint density at radius 3 is 2.79 bits per heavy atom. The minimum Gasteiger partial charge on any atom is -0.361 e. The summed E-state index contributed by atoms with van der Waals surface area (Å²) in [5.41, 5.74) is 1.05. The number of aryl methyl sites for hydroxylation is 1. The van der Waals surface area contributed by atoms with Crippen LogP contribution in [0.15, 0.2) is 11.4 Å². The topological polar surface area (TPSA) is 50.7 Å². The summed E-state index contributed by atoms with van der Waals surface area (Å²) in [5.74, 6) is 2.14. The second-order valence-corrected chi connectivity index (χ2v) is 6.18. The fraction of sp³-hybridized carbons (Fsp3) is 0.462. The van der Waals surface area contributed by atoms with Gasteiger partial charge in [0.25, 0.3) is 0 Å². The van der Waals surface area contributed by atoms with Gasteiger partial charge in [0.05, 0.1) is 6.04 Å². The van der Waals surface area contributed by atoms with Gasteiger partial charge in [0, 0.05) is 23.1 Å². The number of hydrogen-bond donors (Lipinski definition) is 1. The Labute approximate surface area is 121 Å². The van der Waals surface area contributed by atoms with Crippen LogP contribution in [-0.4, -0.2) is 15.0 Å². The second-order valence-electron chi connectivity index (χ2n) is 4.90. The molecule has 3 rings (SSSR count). The van der Waals surface area contributed by atoms with Crippen molar-refractivity contribution in [3.05, 3.63) is 33.1 Å². The highest BCUT2D eigenvalue weighted by Crippen LogP contribution is 2.39. The van der Waals surface area contributed by atoms with E-state index < -0.39 is 0 Å². The molecule has 0 saturated heterocycles. The second kappa shape index (κ2) is 5.06. The van der Waals surface area contributed by atoms with Crippen molar-refractivity contribution in [2.45, 2.75) is 38.6 Å². The van der Waals surface area contributed by atoms with Gasteiger partial charge in [-0.3, -0.25) is 0 Å². The van der Waals surface area contributed by atoms with E-state index in [2.05, 4.69) is 32.6 Å². The molecule has 1 atom stereocenters. The first kappa shape index (κ1) is 12.8. The molecule has 1 unspecified atom stereocenters. The SMILES string of the molecule is Cc1csc(C(C)Nc2cc(Cl)nc(C3CC3)n2)n1. The molecule has 2 aromatic heterocycles. The van der Waals surface area contributed by atoms with Gasteiger partial charge in [-0.25, -0.2) is 15.0 Å². The average Bonchev–Trinajstić information content (AvgIpc) is 3.11. The molecule has 1 aliphatic carbocycles. The molecule has 1 aliphatic rings. The number of hydrogen-bond acceptors (Lipinski definition) is 5. The van der Waals surface area contributed by atoms with Crippen molar-refractivity contribution in [1.29, 1.82) is 0 Å². The smallest absolute Gasteiger partial charge is 0.135 e. The third-order valence-electron chi connectivity index (χ3n) is 3.03. The van der Waals surface area contributed by atoms with E-state index in [1.807, 2.05) is 6.92 Å². The van der Waals surface area contributed by atoms with Crippen LogP contribution in [0.2, 0.25) is 5.15 Å². The van der Waals surface area contributed by atoms with Gasteiger partial charge in [0.1, 0.15) is 21.8 Å². The number of halogens is 1. The number of nitrogens with one attached hydrogen (secondary N) is 1. The Morgan fingerprint density at radius 2 is 2.16 bits per heavy atom. The molecule has 2 aromatic rings. The standard InChI is InChI=1S/C13H15ClN4S/c1-7-6-19-13(15-7)8(2)16-11-5-10(14)17-12(18-11)9-3-4-9/h5-6,8-9H,3-4H2,1-2H3,(H,16,17,18). The van der Waals surface area contributed by atoms with Crippen LogP contribution in [0.3, 0.4) is 0 Å². The minimum absolute atomic E-state index is 0.122. The molecule has 19 heavy (non-hydrogen) atoms. The van der Waals surface area contributed by atoms with Crippen molar-refractivity contribution in [1.82, 2.24) is 15.0 Å². The predicted octanol–water partition coefficient (Wildman–Crippen LogP) is 3.95. The monoisotopic (exact) mass is 294 g/mol. The Morgan fingerprint density at radius 1 is 1.37 bits per heavy atom. The summed E-state index contributed by atoms with van der Waals surface area (Å²) in [5, 5.41) is 6.96. The van der Waals surface area contributed by atoms with Crippen molar-refractivity contribution in [3.8, 4) is 0 Å². The fourth-order valence-corrected chi connectivity index (χ4v) is 2.88. The van der Waals surface area contributed by atoms with Gasteiger partial charge >= 0.3 is 0 Å². The van der Waals surface area contributed by atoms with Crippen LogP contribution >= 0.6 is 22.9 Å². The number of rotatable bonds is 4. The number of nitrogens with zero attached hydrogens (tertiary/aromatic N) is 3. The highest BCUT2D eigenvalue weighted by Gasteiger charge is 2.27. The largest absolute Gasteiger partial charge is 0.361 e. The summed E-state index contributed by atoms with van der Waals surface area (Å²) in [7, 11) is 0. The van der Waals surface area contributed by atoms with Gasteiger partial charge in [0.15, 0.2) is 0 Å². The van der Waals surface area contributed by atoms with E-state index in [0.717, 1.165) is 22.3 Å². The molecule has 0 spiro atoms. The zero-order chi connectivity index (χ0) is 13.4. The molecule has 4 nitrogen and oxygen atoms in total. The Hall–Kier alpha value is -1.20. The maximum Gasteiger partial charge on any atom is 0.135 e. The van der Waals surface area contributed by atoms with Crippen molar-refractivity contribution >= 4 is 28.8 Å². The van der Waals surface area contributed by atoms with Crippen LogP contribution in [-0.2, 0) is 0 Å². The molecule has 2 heterocycles. The normalized spacial score (nSPS) is 16.4. The van der Waals surface area contributed by atoms with E-state index >= 15 is 0 Å².